The molecule has 0 saturated heterocycles. The first kappa shape index (κ1) is 16.0. The van der Waals surface area contributed by atoms with Crippen molar-refractivity contribution in [2.75, 3.05) is 5.32 Å². The Hall–Kier alpha value is -2.36. The number of rotatable bonds is 5. The lowest BCUT2D eigenvalue weighted by Crippen LogP contribution is -2.36. The molecule has 0 aliphatic rings. The van der Waals surface area contributed by atoms with E-state index < -0.39 is 0 Å². The van der Waals surface area contributed by atoms with Crippen LogP contribution in [0.4, 0.5) is 14.9 Å². The van der Waals surface area contributed by atoms with E-state index in [9.17, 15) is 9.18 Å². The molecule has 4 heteroatoms. The summed E-state index contributed by atoms with van der Waals surface area (Å²) in [5, 5.41) is 5.51. The van der Waals surface area contributed by atoms with Crippen LogP contribution in [-0.4, -0.2) is 12.1 Å². The highest BCUT2D eigenvalue weighted by molar-refractivity contribution is 5.89. The van der Waals surface area contributed by atoms with Gasteiger partial charge in [0.05, 0.1) is 0 Å². The van der Waals surface area contributed by atoms with Gasteiger partial charge in [0, 0.05) is 11.7 Å². The minimum Gasteiger partial charge on any atom is -0.335 e. The molecule has 22 heavy (non-hydrogen) atoms. The predicted molar refractivity (Wildman–Crippen MR) is 87.5 cm³/mol. The van der Waals surface area contributed by atoms with Crippen LogP contribution in [0.3, 0.4) is 0 Å². The molecule has 1 unspecified atom stereocenters. The molecule has 116 valence electrons. The Morgan fingerprint density at radius 3 is 2.59 bits per heavy atom. The number of halogens is 1. The van der Waals surface area contributed by atoms with Crippen LogP contribution in [0.1, 0.15) is 24.5 Å². The van der Waals surface area contributed by atoms with Gasteiger partial charge in [-0.25, -0.2) is 9.18 Å². The van der Waals surface area contributed by atoms with E-state index in [0.29, 0.717) is 11.3 Å². The molecule has 0 spiro atoms. The summed E-state index contributed by atoms with van der Waals surface area (Å²) in [7, 11) is 0. The topological polar surface area (TPSA) is 41.1 Å². The average Bonchev–Trinajstić information content (AvgIpc) is 2.50. The second-order valence-electron chi connectivity index (χ2n) is 5.49. The fraction of sp³-hybridized carbons (Fsp3) is 0.278. The van der Waals surface area contributed by atoms with Crippen LogP contribution in [-0.2, 0) is 6.42 Å². The van der Waals surface area contributed by atoms with E-state index in [2.05, 4.69) is 22.8 Å². The zero-order chi connectivity index (χ0) is 15.9. The molecule has 1 atom stereocenters. The molecule has 0 heterocycles. The SMILES string of the molecule is Cc1ccc(NC(=O)NC(C)CCc2ccccc2)cc1F. The van der Waals surface area contributed by atoms with E-state index in [0.717, 1.165) is 12.8 Å². The zero-order valence-corrected chi connectivity index (χ0v) is 12.9. The molecule has 0 aliphatic carbocycles. The van der Waals surface area contributed by atoms with Gasteiger partial charge in [0.2, 0.25) is 0 Å². The van der Waals surface area contributed by atoms with Gasteiger partial charge in [-0.3, -0.25) is 0 Å². The van der Waals surface area contributed by atoms with E-state index in [1.165, 1.54) is 11.6 Å². The molecular formula is C18H21FN2O. The second-order valence-corrected chi connectivity index (χ2v) is 5.49. The molecule has 2 amide bonds. The van der Waals surface area contributed by atoms with Crippen LogP contribution in [0, 0.1) is 12.7 Å². The molecule has 2 rings (SSSR count). The number of hydrogen-bond acceptors (Lipinski definition) is 1. The predicted octanol–water partition coefficient (Wildman–Crippen LogP) is 4.28. The third-order valence-electron chi connectivity index (χ3n) is 3.52. The molecule has 0 radical (unpaired) electrons. The normalized spacial score (nSPS) is 11.8. The third-order valence-corrected chi connectivity index (χ3v) is 3.52. The second kappa shape index (κ2) is 7.59. The summed E-state index contributed by atoms with van der Waals surface area (Å²) in [6.45, 7) is 3.64. The number of carbonyl (C=O) groups is 1. The van der Waals surface area contributed by atoms with Crippen molar-refractivity contribution in [1.29, 1.82) is 0 Å². The van der Waals surface area contributed by atoms with Crippen molar-refractivity contribution < 1.29 is 9.18 Å². The molecular weight excluding hydrogens is 279 g/mol. The van der Waals surface area contributed by atoms with Gasteiger partial charge in [-0.1, -0.05) is 36.4 Å². The Morgan fingerprint density at radius 2 is 1.91 bits per heavy atom. The Morgan fingerprint density at radius 1 is 1.18 bits per heavy atom. The maximum Gasteiger partial charge on any atom is 0.319 e. The first-order valence-electron chi connectivity index (χ1n) is 7.42. The van der Waals surface area contributed by atoms with E-state index in [1.807, 2.05) is 25.1 Å². The van der Waals surface area contributed by atoms with Crippen LogP contribution >= 0.6 is 0 Å². The molecule has 0 aromatic heterocycles. The van der Waals surface area contributed by atoms with Crippen molar-refractivity contribution >= 4 is 11.7 Å². The highest BCUT2D eigenvalue weighted by Gasteiger charge is 2.08. The van der Waals surface area contributed by atoms with Crippen LogP contribution in [0.25, 0.3) is 0 Å². The Bertz CT molecular complexity index is 628. The van der Waals surface area contributed by atoms with E-state index in [1.54, 1.807) is 19.1 Å². The lowest BCUT2D eigenvalue weighted by Gasteiger charge is -2.15. The van der Waals surface area contributed by atoms with Gasteiger partial charge in [-0.2, -0.15) is 0 Å². The summed E-state index contributed by atoms with van der Waals surface area (Å²) in [6, 6.07) is 14.5. The molecule has 0 fully saturated rings. The van der Waals surface area contributed by atoms with Gasteiger partial charge < -0.3 is 10.6 Å². The van der Waals surface area contributed by atoms with Crippen molar-refractivity contribution in [3.8, 4) is 0 Å². The minimum atomic E-state index is -0.324. The number of benzene rings is 2. The smallest absolute Gasteiger partial charge is 0.319 e. The largest absolute Gasteiger partial charge is 0.335 e. The number of amides is 2. The van der Waals surface area contributed by atoms with E-state index in [-0.39, 0.29) is 17.9 Å². The summed E-state index contributed by atoms with van der Waals surface area (Å²) in [5.41, 5.74) is 2.26. The maximum absolute atomic E-state index is 13.4. The molecule has 0 saturated carbocycles. The first-order valence-corrected chi connectivity index (χ1v) is 7.42. The van der Waals surface area contributed by atoms with Crippen LogP contribution in [0.2, 0.25) is 0 Å². The number of carbonyl (C=O) groups excluding carboxylic acids is 1. The van der Waals surface area contributed by atoms with Crippen LogP contribution < -0.4 is 10.6 Å². The number of anilines is 1. The molecule has 0 bridgehead atoms. The number of nitrogens with one attached hydrogen (secondary N) is 2. The maximum atomic E-state index is 13.4. The fourth-order valence-electron chi connectivity index (χ4n) is 2.16. The van der Waals surface area contributed by atoms with E-state index >= 15 is 0 Å². The lowest BCUT2D eigenvalue weighted by molar-refractivity contribution is 0.248. The Kier molecular flexibility index (Phi) is 5.53. The van der Waals surface area contributed by atoms with Crippen LogP contribution in [0.15, 0.2) is 48.5 Å². The zero-order valence-electron chi connectivity index (χ0n) is 12.9. The van der Waals surface area contributed by atoms with Crippen molar-refractivity contribution in [3.63, 3.8) is 0 Å². The van der Waals surface area contributed by atoms with Gasteiger partial charge >= 0.3 is 6.03 Å². The van der Waals surface area contributed by atoms with Gasteiger partial charge in [0.15, 0.2) is 0 Å². The summed E-state index contributed by atoms with van der Waals surface area (Å²) < 4.78 is 13.4. The highest BCUT2D eigenvalue weighted by atomic mass is 19.1. The number of hydrogen-bond donors (Lipinski definition) is 2. The minimum absolute atomic E-state index is 0.0375. The molecule has 2 N–H and O–H groups in total. The van der Waals surface area contributed by atoms with E-state index in [4.69, 9.17) is 0 Å². The van der Waals surface area contributed by atoms with Crippen molar-refractivity contribution in [1.82, 2.24) is 5.32 Å². The van der Waals surface area contributed by atoms with Gasteiger partial charge in [-0.15, -0.1) is 0 Å². The lowest BCUT2D eigenvalue weighted by atomic mass is 10.1. The fourth-order valence-corrected chi connectivity index (χ4v) is 2.16. The standard InChI is InChI=1S/C18H21FN2O/c1-13-8-11-16(12-17(13)19)21-18(22)20-14(2)9-10-15-6-4-3-5-7-15/h3-8,11-12,14H,9-10H2,1-2H3,(H2,20,21,22). The summed E-state index contributed by atoms with van der Waals surface area (Å²) in [4.78, 5) is 11.9. The highest BCUT2D eigenvalue weighted by Crippen LogP contribution is 2.13. The Labute approximate surface area is 130 Å². The molecule has 2 aromatic carbocycles. The van der Waals surface area contributed by atoms with Crippen LogP contribution in [0.5, 0.6) is 0 Å². The third kappa shape index (κ3) is 4.88. The quantitative estimate of drug-likeness (QED) is 0.850. The van der Waals surface area contributed by atoms with Crippen molar-refractivity contribution in [3.05, 3.63) is 65.5 Å². The molecule has 2 aromatic rings. The molecule has 3 nitrogen and oxygen atoms in total. The van der Waals surface area contributed by atoms with Gasteiger partial charge in [0.25, 0.3) is 0 Å². The first-order chi connectivity index (χ1) is 10.5. The van der Waals surface area contributed by atoms with Crippen molar-refractivity contribution in [2.24, 2.45) is 0 Å². The number of aryl methyl sites for hydroxylation is 2. The monoisotopic (exact) mass is 300 g/mol. The van der Waals surface area contributed by atoms with Gasteiger partial charge in [-0.05, 0) is 49.9 Å². The average molecular weight is 300 g/mol. The number of urea groups is 1. The summed E-state index contributed by atoms with van der Waals surface area (Å²) in [5.74, 6) is -0.324. The van der Waals surface area contributed by atoms with Crippen molar-refractivity contribution in [2.45, 2.75) is 32.7 Å². The Balaban J connectivity index is 1.79. The van der Waals surface area contributed by atoms with Gasteiger partial charge in [0.1, 0.15) is 5.82 Å². The summed E-state index contributed by atoms with van der Waals surface area (Å²) >= 11 is 0. The molecule has 0 aliphatic heterocycles. The summed E-state index contributed by atoms with van der Waals surface area (Å²) in [6.07, 6.45) is 1.75.